The lowest BCUT2D eigenvalue weighted by Gasteiger charge is -2.51. The van der Waals surface area contributed by atoms with Gasteiger partial charge in [-0.3, -0.25) is 0 Å². The van der Waals surface area contributed by atoms with Gasteiger partial charge in [-0.25, -0.2) is 4.79 Å². The van der Waals surface area contributed by atoms with E-state index in [2.05, 4.69) is 19.2 Å². The Kier molecular flexibility index (Phi) is 3.34. The summed E-state index contributed by atoms with van der Waals surface area (Å²) in [6.45, 7) is 7.64. The van der Waals surface area contributed by atoms with E-state index >= 15 is 0 Å². The number of hydrogen-bond acceptors (Lipinski definition) is 2. The number of piperidine rings is 1. The minimum absolute atomic E-state index is 0.157. The van der Waals surface area contributed by atoms with Crippen LogP contribution in [-0.4, -0.2) is 55.6 Å². The molecule has 2 fully saturated rings. The molecule has 2 amide bonds. The molecule has 2 rings (SSSR count). The fourth-order valence-corrected chi connectivity index (χ4v) is 3.14. The highest BCUT2D eigenvalue weighted by atomic mass is 16.2. The van der Waals surface area contributed by atoms with Crippen LogP contribution in [0.3, 0.4) is 0 Å². The lowest BCUT2D eigenvalue weighted by Crippen LogP contribution is -2.64. The van der Waals surface area contributed by atoms with Crippen LogP contribution in [0.5, 0.6) is 0 Å². The molecule has 2 aliphatic heterocycles. The molecule has 0 radical (unpaired) electrons. The maximum Gasteiger partial charge on any atom is 0.319 e. The molecule has 0 bridgehead atoms. The smallest absolute Gasteiger partial charge is 0.319 e. The Labute approximate surface area is 104 Å². The van der Waals surface area contributed by atoms with Crippen molar-refractivity contribution >= 4 is 6.03 Å². The van der Waals surface area contributed by atoms with Crippen LogP contribution in [0.2, 0.25) is 0 Å². The average Bonchev–Trinajstić information content (AvgIpc) is 2.27. The highest BCUT2D eigenvalue weighted by Crippen LogP contribution is 2.37. The third kappa shape index (κ3) is 2.41. The summed E-state index contributed by atoms with van der Waals surface area (Å²) in [5.74, 6) is 0.741. The second-order valence-corrected chi connectivity index (χ2v) is 6.35. The summed E-state index contributed by atoms with van der Waals surface area (Å²) in [4.78, 5) is 15.5. The van der Waals surface area contributed by atoms with Crippen LogP contribution in [0.1, 0.15) is 26.7 Å². The molecule has 0 saturated carbocycles. The highest BCUT2D eigenvalue weighted by Gasteiger charge is 2.43. The number of nitrogens with one attached hydrogen (secondary N) is 1. The molecule has 1 atom stereocenters. The van der Waals surface area contributed by atoms with E-state index in [1.165, 1.54) is 0 Å². The van der Waals surface area contributed by atoms with Gasteiger partial charge in [-0.05, 0) is 24.2 Å². The molecule has 2 saturated heterocycles. The first-order valence-electron chi connectivity index (χ1n) is 6.61. The second-order valence-electron chi connectivity index (χ2n) is 6.35. The van der Waals surface area contributed by atoms with Crippen LogP contribution in [0.25, 0.3) is 0 Å². The molecule has 0 spiro atoms. The van der Waals surface area contributed by atoms with Crippen LogP contribution in [0.15, 0.2) is 0 Å². The normalized spacial score (nSPS) is 28.7. The van der Waals surface area contributed by atoms with Crippen molar-refractivity contribution in [1.29, 1.82) is 0 Å². The third-order valence-corrected chi connectivity index (χ3v) is 4.28. The number of nitrogens with zero attached hydrogens (tertiary/aromatic N) is 2. The van der Waals surface area contributed by atoms with Gasteiger partial charge in [0.2, 0.25) is 0 Å². The highest BCUT2D eigenvalue weighted by molar-refractivity contribution is 5.73. The fraction of sp³-hybridized carbons (Fsp3) is 0.923. The zero-order valence-corrected chi connectivity index (χ0v) is 11.5. The minimum atomic E-state index is 0.157. The zero-order valence-electron chi connectivity index (χ0n) is 11.5. The van der Waals surface area contributed by atoms with Crippen molar-refractivity contribution in [2.24, 2.45) is 11.3 Å². The average molecular weight is 239 g/mol. The van der Waals surface area contributed by atoms with E-state index in [0.29, 0.717) is 11.5 Å². The van der Waals surface area contributed by atoms with Crippen LogP contribution in [0.4, 0.5) is 4.79 Å². The van der Waals surface area contributed by atoms with Gasteiger partial charge >= 0.3 is 6.03 Å². The summed E-state index contributed by atoms with van der Waals surface area (Å²) in [5, 5.41) is 3.56. The van der Waals surface area contributed by atoms with Crippen molar-refractivity contribution in [1.82, 2.24) is 15.1 Å². The lowest BCUT2D eigenvalue weighted by molar-refractivity contribution is 0.0436. The molecule has 2 aliphatic rings. The van der Waals surface area contributed by atoms with Crippen molar-refractivity contribution in [2.75, 3.05) is 33.7 Å². The van der Waals surface area contributed by atoms with Crippen molar-refractivity contribution in [3.8, 4) is 0 Å². The van der Waals surface area contributed by atoms with E-state index in [9.17, 15) is 4.79 Å². The SMILES string of the molecule is CN(C)C(=O)N1CCC(C2NCC2(C)C)CC1. The van der Waals surface area contributed by atoms with Gasteiger partial charge in [-0.15, -0.1) is 0 Å². The number of urea groups is 1. The first-order chi connectivity index (χ1) is 7.92. The van der Waals surface area contributed by atoms with Gasteiger partial charge in [0.25, 0.3) is 0 Å². The molecule has 0 aromatic carbocycles. The number of likely N-dealkylation sites (tertiary alicyclic amines) is 1. The van der Waals surface area contributed by atoms with E-state index in [1.807, 2.05) is 19.0 Å². The van der Waals surface area contributed by atoms with Crippen LogP contribution in [-0.2, 0) is 0 Å². The standard InChI is InChI=1S/C13H25N3O/c1-13(2)9-14-11(13)10-5-7-16(8-6-10)12(17)15(3)4/h10-11,14H,5-9H2,1-4H3. The summed E-state index contributed by atoms with van der Waals surface area (Å²) < 4.78 is 0. The monoisotopic (exact) mass is 239 g/mol. The van der Waals surface area contributed by atoms with Gasteiger partial charge in [0.1, 0.15) is 0 Å². The summed E-state index contributed by atoms with van der Waals surface area (Å²) in [6.07, 6.45) is 2.28. The topological polar surface area (TPSA) is 35.6 Å². The third-order valence-electron chi connectivity index (χ3n) is 4.28. The van der Waals surface area contributed by atoms with Gasteiger partial charge < -0.3 is 15.1 Å². The Balaban J connectivity index is 1.84. The number of carbonyl (C=O) groups excluding carboxylic acids is 1. The first-order valence-corrected chi connectivity index (χ1v) is 6.61. The van der Waals surface area contributed by atoms with E-state index in [-0.39, 0.29) is 6.03 Å². The van der Waals surface area contributed by atoms with Gasteiger partial charge in [-0.2, -0.15) is 0 Å². The molecular formula is C13H25N3O. The largest absolute Gasteiger partial charge is 0.331 e. The summed E-state index contributed by atoms with van der Waals surface area (Å²) in [7, 11) is 3.65. The molecule has 98 valence electrons. The number of hydrogen-bond donors (Lipinski definition) is 1. The maximum atomic E-state index is 11.8. The first kappa shape index (κ1) is 12.7. The Hall–Kier alpha value is -0.770. The quantitative estimate of drug-likeness (QED) is 0.750. The Bertz CT molecular complexity index is 293. The molecule has 17 heavy (non-hydrogen) atoms. The molecule has 4 nitrogen and oxygen atoms in total. The van der Waals surface area contributed by atoms with E-state index in [0.717, 1.165) is 38.4 Å². The number of rotatable bonds is 1. The Morgan fingerprint density at radius 3 is 2.24 bits per heavy atom. The molecule has 0 aliphatic carbocycles. The van der Waals surface area contributed by atoms with Crippen molar-refractivity contribution in [3.05, 3.63) is 0 Å². The van der Waals surface area contributed by atoms with Crippen LogP contribution in [0, 0.1) is 11.3 Å². The van der Waals surface area contributed by atoms with Crippen molar-refractivity contribution < 1.29 is 4.79 Å². The minimum Gasteiger partial charge on any atom is -0.331 e. The van der Waals surface area contributed by atoms with Crippen molar-refractivity contribution in [3.63, 3.8) is 0 Å². The molecule has 0 aromatic rings. The number of amides is 2. The fourth-order valence-electron chi connectivity index (χ4n) is 3.14. The predicted molar refractivity (Wildman–Crippen MR) is 69.0 cm³/mol. The predicted octanol–water partition coefficient (Wildman–Crippen LogP) is 1.38. The summed E-state index contributed by atoms with van der Waals surface area (Å²) >= 11 is 0. The number of carbonyl (C=O) groups is 1. The Morgan fingerprint density at radius 1 is 1.29 bits per heavy atom. The van der Waals surface area contributed by atoms with Gasteiger partial charge in [-0.1, -0.05) is 13.8 Å². The molecule has 1 N–H and O–H groups in total. The molecule has 1 unspecified atom stereocenters. The summed E-state index contributed by atoms with van der Waals surface area (Å²) in [5.41, 5.74) is 0.443. The molecule has 2 heterocycles. The molecule has 0 aromatic heterocycles. The summed E-state index contributed by atoms with van der Waals surface area (Å²) in [6, 6.07) is 0.809. The lowest BCUT2D eigenvalue weighted by atomic mass is 9.68. The van der Waals surface area contributed by atoms with Crippen LogP contribution < -0.4 is 5.32 Å². The van der Waals surface area contributed by atoms with Gasteiger partial charge in [0.15, 0.2) is 0 Å². The van der Waals surface area contributed by atoms with E-state index in [4.69, 9.17) is 0 Å². The maximum absolute atomic E-state index is 11.8. The Morgan fingerprint density at radius 2 is 1.88 bits per heavy atom. The van der Waals surface area contributed by atoms with E-state index in [1.54, 1.807) is 4.90 Å². The second kappa shape index (κ2) is 4.48. The molecule has 4 heteroatoms. The molecular weight excluding hydrogens is 214 g/mol. The van der Waals surface area contributed by atoms with E-state index < -0.39 is 0 Å². The van der Waals surface area contributed by atoms with Gasteiger partial charge in [0.05, 0.1) is 0 Å². The zero-order chi connectivity index (χ0) is 12.6. The van der Waals surface area contributed by atoms with Crippen molar-refractivity contribution in [2.45, 2.75) is 32.7 Å². The van der Waals surface area contributed by atoms with Crippen LogP contribution >= 0.6 is 0 Å². The van der Waals surface area contributed by atoms with Gasteiger partial charge in [0, 0.05) is 39.8 Å².